The minimum absolute atomic E-state index is 0.392. The zero-order chi connectivity index (χ0) is 19.6. The Morgan fingerprint density at radius 2 is 1.89 bits per heavy atom. The van der Waals surface area contributed by atoms with Crippen molar-refractivity contribution in [2.75, 3.05) is 24.2 Å². The molecule has 1 heterocycles. The number of nitrogens with zero attached hydrogens (tertiary/aromatic N) is 1. The van der Waals surface area contributed by atoms with Crippen molar-refractivity contribution < 1.29 is 8.95 Å². The van der Waals surface area contributed by atoms with E-state index in [1.54, 1.807) is 24.3 Å². The lowest BCUT2D eigenvalue weighted by molar-refractivity contribution is 0.404. The predicted octanol–water partition coefficient (Wildman–Crippen LogP) is 5.61. The highest BCUT2D eigenvalue weighted by Crippen LogP contribution is 2.37. The molecule has 9 heteroatoms. The molecule has 0 bridgehead atoms. The molecular weight excluding hydrogens is 425 g/mol. The molecule has 2 aromatic carbocycles. The van der Waals surface area contributed by atoms with Gasteiger partial charge in [-0.1, -0.05) is 40.6 Å². The predicted molar refractivity (Wildman–Crippen MR) is 115 cm³/mol. The first-order chi connectivity index (χ1) is 12.9. The second kappa shape index (κ2) is 8.48. The van der Waals surface area contributed by atoms with E-state index in [1.807, 2.05) is 26.1 Å². The van der Waals surface area contributed by atoms with Crippen LogP contribution in [0, 0.1) is 6.92 Å². The van der Waals surface area contributed by atoms with Crippen molar-refractivity contribution in [2.45, 2.75) is 11.8 Å². The SMILES string of the molecule is CNc1nc(C)c(-c2ccc(OC)c(S(=O)Nc3c(Cl)cccc3Cl)c2)s1. The van der Waals surface area contributed by atoms with Gasteiger partial charge in [-0.05, 0) is 42.8 Å². The second-order valence-electron chi connectivity index (χ2n) is 5.52. The van der Waals surface area contributed by atoms with E-state index in [1.165, 1.54) is 18.4 Å². The average molecular weight is 442 g/mol. The number of hydrogen-bond donors (Lipinski definition) is 2. The molecule has 0 spiro atoms. The third-order valence-corrected chi connectivity index (χ3v) is 6.76. The summed E-state index contributed by atoms with van der Waals surface area (Å²) >= 11 is 13.9. The lowest BCUT2D eigenvalue weighted by atomic mass is 10.1. The van der Waals surface area contributed by atoms with E-state index < -0.39 is 11.0 Å². The zero-order valence-electron chi connectivity index (χ0n) is 14.8. The molecule has 3 rings (SSSR count). The molecule has 0 aliphatic rings. The molecule has 0 saturated carbocycles. The molecule has 1 atom stereocenters. The van der Waals surface area contributed by atoms with E-state index >= 15 is 0 Å². The smallest absolute Gasteiger partial charge is 0.183 e. The highest BCUT2D eigenvalue weighted by Gasteiger charge is 2.17. The monoisotopic (exact) mass is 441 g/mol. The number of hydrogen-bond acceptors (Lipinski definition) is 5. The molecule has 0 amide bonds. The molecule has 1 unspecified atom stereocenters. The van der Waals surface area contributed by atoms with Crippen LogP contribution < -0.4 is 14.8 Å². The zero-order valence-corrected chi connectivity index (χ0v) is 17.9. The Morgan fingerprint density at radius 3 is 2.48 bits per heavy atom. The molecule has 2 N–H and O–H groups in total. The van der Waals surface area contributed by atoms with E-state index in [4.69, 9.17) is 27.9 Å². The van der Waals surface area contributed by atoms with Crippen LogP contribution in [0.25, 0.3) is 10.4 Å². The number of aryl methyl sites for hydroxylation is 1. The Kier molecular flexibility index (Phi) is 6.26. The first-order valence-electron chi connectivity index (χ1n) is 7.90. The van der Waals surface area contributed by atoms with Crippen LogP contribution in [-0.2, 0) is 11.0 Å². The van der Waals surface area contributed by atoms with E-state index in [0.29, 0.717) is 26.4 Å². The highest BCUT2D eigenvalue weighted by atomic mass is 35.5. The number of anilines is 2. The Morgan fingerprint density at radius 1 is 1.19 bits per heavy atom. The summed E-state index contributed by atoms with van der Waals surface area (Å²) < 4.78 is 21.3. The fraction of sp³-hybridized carbons (Fsp3) is 0.167. The van der Waals surface area contributed by atoms with Gasteiger partial charge >= 0.3 is 0 Å². The topological polar surface area (TPSA) is 63.3 Å². The van der Waals surface area contributed by atoms with Crippen molar-refractivity contribution in [1.29, 1.82) is 0 Å². The number of thiazole rings is 1. The first-order valence-corrected chi connectivity index (χ1v) is 10.6. The number of nitrogens with one attached hydrogen (secondary N) is 2. The van der Waals surface area contributed by atoms with Gasteiger partial charge in [-0.25, -0.2) is 9.19 Å². The Balaban J connectivity index is 2.01. The molecule has 142 valence electrons. The van der Waals surface area contributed by atoms with Crippen LogP contribution in [0.4, 0.5) is 10.8 Å². The van der Waals surface area contributed by atoms with Crippen molar-refractivity contribution in [3.05, 3.63) is 52.1 Å². The van der Waals surface area contributed by atoms with Gasteiger partial charge in [-0.2, -0.15) is 0 Å². The molecule has 27 heavy (non-hydrogen) atoms. The summed E-state index contributed by atoms with van der Waals surface area (Å²) in [7, 11) is 1.74. The summed E-state index contributed by atoms with van der Waals surface area (Å²) in [6.45, 7) is 1.94. The number of halogens is 2. The van der Waals surface area contributed by atoms with E-state index in [2.05, 4.69) is 15.0 Å². The number of ether oxygens (including phenoxy) is 1. The van der Waals surface area contributed by atoms with Crippen LogP contribution in [0.15, 0.2) is 41.3 Å². The molecule has 0 aliphatic carbocycles. The molecule has 1 aromatic heterocycles. The highest BCUT2D eigenvalue weighted by molar-refractivity contribution is 7.86. The van der Waals surface area contributed by atoms with Crippen LogP contribution in [0.2, 0.25) is 10.0 Å². The third kappa shape index (κ3) is 4.21. The largest absolute Gasteiger partial charge is 0.495 e. The van der Waals surface area contributed by atoms with Gasteiger partial charge in [0.1, 0.15) is 10.6 Å². The Labute approximate surface area is 174 Å². The van der Waals surface area contributed by atoms with Crippen LogP contribution in [0.3, 0.4) is 0 Å². The fourth-order valence-electron chi connectivity index (χ4n) is 2.48. The van der Waals surface area contributed by atoms with Gasteiger partial charge < -0.3 is 10.1 Å². The molecule has 0 fully saturated rings. The summed E-state index contributed by atoms with van der Waals surface area (Å²) in [4.78, 5) is 5.95. The van der Waals surface area contributed by atoms with Crippen molar-refractivity contribution in [3.63, 3.8) is 0 Å². The molecule has 0 saturated heterocycles. The summed E-state index contributed by atoms with van der Waals surface area (Å²) in [5, 5.41) is 4.65. The van der Waals surface area contributed by atoms with Crippen molar-refractivity contribution in [1.82, 2.24) is 4.98 Å². The van der Waals surface area contributed by atoms with Crippen LogP contribution in [0.5, 0.6) is 5.75 Å². The normalized spacial score (nSPS) is 11.9. The maximum Gasteiger partial charge on any atom is 0.183 e. The molecule has 3 aromatic rings. The van der Waals surface area contributed by atoms with Gasteiger partial charge in [-0.3, -0.25) is 4.72 Å². The number of aromatic nitrogens is 1. The van der Waals surface area contributed by atoms with E-state index in [-0.39, 0.29) is 0 Å². The summed E-state index contributed by atoms with van der Waals surface area (Å²) in [5.41, 5.74) is 2.22. The first kappa shape index (κ1) is 19.9. The molecule has 0 radical (unpaired) electrons. The molecular formula is C18H17Cl2N3O2S2. The summed E-state index contributed by atoms with van der Waals surface area (Å²) in [5.74, 6) is 0.503. The van der Waals surface area contributed by atoms with Gasteiger partial charge in [0.15, 0.2) is 16.1 Å². The molecule has 5 nitrogen and oxygen atoms in total. The van der Waals surface area contributed by atoms with E-state index in [9.17, 15) is 4.21 Å². The van der Waals surface area contributed by atoms with Gasteiger partial charge in [-0.15, -0.1) is 0 Å². The van der Waals surface area contributed by atoms with Crippen LogP contribution in [0.1, 0.15) is 5.69 Å². The van der Waals surface area contributed by atoms with Crippen molar-refractivity contribution >= 4 is 56.3 Å². The lowest BCUT2D eigenvalue weighted by Gasteiger charge is -2.13. The van der Waals surface area contributed by atoms with E-state index in [0.717, 1.165) is 21.3 Å². The number of para-hydroxylation sites is 1. The van der Waals surface area contributed by atoms with Crippen molar-refractivity contribution in [2.24, 2.45) is 0 Å². The maximum atomic E-state index is 13.0. The summed E-state index contributed by atoms with van der Waals surface area (Å²) in [6.07, 6.45) is 0. The number of benzene rings is 2. The van der Waals surface area contributed by atoms with Crippen LogP contribution >= 0.6 is 34.5 Å². The van der Waals surface area contributed by atoms with Gasteiger partial charge in [0.25, 0.3) is 0 Å². The number of methoxy groups -OCH3 is 1. The average Bonchev–Trinajstić information content (AvgIpc) is 3.05. The van der Waals surface area contributed by atoms with Crippen LogP contribution in [-0.4, -0.2) is 23.4 Å². The Bertz CT molecular complexity index is 988. The second-order valence-corrected chi connectivity index (χ2v) is 8.51. The minimum Gasteiger partial charge on any atom is -0.495 e. The quantitative estimate of drug-likeness (QED) is 0.521. The molecule has 0 aliphatic heterocycles. The fourth-order valence-corrected chi connectivity index (χ4v) is 5.08. The summed E-state index contributed by atoms with van der Waals surface area (Å²) in [6, 6.07) is 10.6. The van der Waals surface area contributed by atoms with Gasteiger partial charge in [0.2, 0.25) is 0 Å². The minimum atomic E-state index is -1.63. The Hall–Kier alpha value is -1.80. The van der Waals surface area contributed by atoms with Gasteiger partial charge in [0.05, 0.1) is 33.4 Å². The van der Waals surface area contributed by atoms with Crippen molar-refractivity contribution in [3.8, 4) is 16.2 Å². The maximum absolute atomic E-state index is 13.0. The lowest BCUT2D eigenvalue weighted by Crippen LogP contribution is -2.07. The third-order valence-electron chi connectivity index (χ3n) is 3.79. The van der Waals surface area contributed by atoms with Gasteiger partial charge in [0, 0.05) is 7.05 Å². The standard InChI is InChI=1S/C18H17Cl2N3O2S2/c1-10-17(26-18(21-2)22-10)11-7-8-14(25-3)15(9-11)27(24)23-16-12(19)5-4-6-13(16)20/h4-9,23H,1-3H3,(H,21,22). The number of rotatable bonds is 6.